The van der Waals surface area contributed by atoms with Crippen molar-refractivity contribution in [1.29, 1.82) is 0 Å². The molecule has 1 fully saturated rings. The van der Waals surface area contributed by atoms with E-state index < -0.39 is 15.1 Å². The van der Waals surface area contributed by atoms with Gasteiger partial charge in [0.25, 0.3) is 0 Å². The van der Waals surface area contributed by atoms with Gasteiger partial charge < -0.3 is 0 Å². The van der Waals surface area contributed by atoms with Crippen LogP contribution >= 0.6 is 0 Å². The summed E-state index contributed by atoms with van der Waals surface area (Å²) < 4.78 is 25.3. The van der Waals surface area contributed by atoms with Crippen LogP contribution in [-0.2, 0) is 9.84 Å². The van der Waals surface area contributed by atoms with Gasteiger partial charge in [-0.05, 0) is 12.8 Å². The molecule has 0 radical (unpaired) electrons. The molecule has 90 valence electrons. The minimum Gasteiger partial charge on any atom is -0.290 e. The van der Waals surface area contributed by atoms with E-state index in [1.165, 1.54) is 12.1 Å². The predicted molar refractivity (Wildman–Crippen MR) is 61.6 cm³/mol. The lowest BCUT2D eigenvalue weighted by Gasteiger charge is -2.06. The third kappa shape index (κ3) is 1.57. The molecule has 1 N–H and O–H groups in total. The zero-order valence-electron chi connectivity index (χ0n) is 8.96. The minimum absolute atomic E-state index is 0.130. The summed E-state index contributed by atoms with van der Waals surface area (Å²) in [5.41, 5.74) is 0.393. The van der Waals surface area contributed by atoms with E-state index in [1.807, 2.05) is 0 Å². The summed E-state index contributed by atoms with van der Waals surface area (Å²) in [6.07, 6.45) is 2.82. The molecule has 1 atom stereocenters. The zero-order valence-corrected chi connectivity index (χ0v) is 9.77. The summed E-state index contributed by atoms with van der Waals surface area (Å²) in [5, 5.41) is 6.17. The number of pyridine rings is 1. The second-order valence-electron chi connectivity index (χ2n) is 4.20. The van der Waals surface area contributed by atoms with Gasteiger partial charge in [0.05, 0.1) is 5.75 Å². The number of H-pyrrole nitrogens is 1. The first-order chi connectivity index (χ1) is 8.08. The van der Waals surface area contributed by atoms with Crippen molar-refractivity contribution in [2.24, 2.45) is 0 Å². The first-order valence-corrected chi connectivity index (χ1v) is 7.08. The Bertz CT molecular complexity index is 729. The highest BCUT2D eigenvalue weighted by molar-refractivity contribution is 7.91. The number of hydrogen-bond donors (Lipinski definition) is 1. The van der Waals surface area contributed by atoms with E-state index in [-0.39, 0.29) is 11.2 Å². The van der Waals surface area contributed by atoms with Gasteiger partial charge in [-0.3, -0.25) is 14.3 Å². The van der Waals surface area contributed by atoms with E-state index in [2.05, 4.69) is 10.2 Å². The number of nitrogens with one attached hydrogen (secondary N) is 1. The van der Waals surface area contributed by atoms with Crippen LogP contribution in [0.5, 0.6) is 0 Å². The van der Waals surface area contributed by atoms with Gasteiger partial charge in [-0.2, -0.15) is 5.10 Å². The molecule has 0 amide bonds. The third-order valence-corrected chi connectivity index (χ3v) is 5.25. The summed E-state index contributed by atoms with van der Waals surface area (Å²) >= 11 is 0. The van der Waals surface area contributed by atoms with E-state index in [0.717, 1.165) is 0 Å². The number of sulfone groups is 1. The molecule has 2 aromatic heterocycles. The Kier molecular flexibility index (Phi) is 2.12. The Hall–Kier alpha value is -1.63. The molecule has 3 heterocycles. The van der Waals surface area contributed by atoms with Gasteiger partial charge in [0.2, 0.25) is 0 Å². The Balaban J connectivity index is 2.22. The van der Waals surface area contributed by atoms with Crippen LogP contribution in [0.4, 0.5) is 0 Å². The van der Waals surface area contributed by atoms with Crippen LogP contribution in [0.15, 0.2) is 23.1 Å². The molecule has 7 heteroatoms. The number of aromatic nitrogens is 3. The third-order valence-electron chi connectivity index (χ3n) is 3.07. The fourth-order valence-corrected chi connectivity index (χ4v) is 4.11. The highest BCUT2D eigenvalue weighted by Gasteiger charge is 2.35. The predicted octanol–water partition coefficient (Wildman–Crippen LogP) is 0.272. The van der Waals surface area contributed by atoms with E-state index in [4.69, 9.17) is 0 Å². The smallest absolute Gasteiger partial charge is 0.183 e. The van der Waals surface area contributed by atoms with Gasteiger partial charge in [0.15, 0.2) is 21.1 Å². The maximum Gasteiger partial charge on any atom is 0.183 e. The molecule has 6 nitrogen and oxygen atoms in total. The molecular formula is C10H11N3O3S. The van der Waals surface area contributed by atoms with Crippen LogP contribution in [0.3, 0.4) is 0 Å². The number of rotatable bonds is 1. The summed E-state index contributed by atoms with van der Waals surface area (Å²) in [5.74, 6) is 0.684. The van der Waals surface area contributed by atoms with Gasteiger partial charge in [-0.15, -0.1) is 0 Å². The highest BCUT2D eigenvalue weighted by atomic mass is 32.2. The maximum atomic E-state index is 11.8. The highest BCUT2D eigenvalue weighted by Crippen LogP contribution is 2.33. The standard InChI is InChI=1S/C10H11N3O3S/c14-7-3-4-13-9(6-7)11-12-10(13)8-2-1-5-17(8,15)16/h3-4,6,8,11H,1-2,5H2. The van der Waals surface area contributed by atoms with Crippen LogP contribution in [0.25, 0.3) is 5.65 Å². The molecule has 0 saturated carbocycles. The Morgan fingerprint density at radius 1 is 1.47 bits per heavy atom. The molecule has 0 spiro atoms. The lowest BCUT2D eigenvalue weighted by molar-refractivity contribution is 0.588. The summed E-state index contributed by atoms with van der Waals surface area (Å²) in [7, 11) is -3.09. The lowest BCUT2D eigenvalue weighted by Crippen LogP contribution is -2.12. The Morgan fingerprint density at radius 2 is 2.29 bits per heavy atom. The van der Waals surface area contributed by atoms with Gasteiger partial charge in [-0.1, -0.05) is 0 Å². The molecular weight excluding hydrogens is 242 g/mol. The number of nitrogens with zero attached hydrogens (tertiary/aromatic N) is 2. The molecule has 0 bridgehead atoms. The van der Waals surface area contributed by atoms with Gasteiger partial charge in [0.1, 0.15) is 10.9 Å². The van der Waals surface area contributed by atoms with Gasteiger partial charge >= 0.3 is 0 Å². The molecule has 17 heavy (non-hydrogen) atoms. The molecule has 0 aliphatic carbocycles. The van der Waals surface area contributed by atoms with E-state index in [9.17, 15) is 13.2 Å². The molecule has 3 rings (SSSR count). The van der Waals surface area contributed by atoms with Crippen molar-refractivity contribution in [2.75, 3.05) is 5.75 Å². The zero-order chi connectivity index (χ0) is 12.0. The summed E-state index contributed by atoms with van der Waals surface area (Å²) in [4.78, 5) is 11.2. The Morgan fingerprint density at radius 3 is 3.00 bits per heavy atom. The summed E-state index contributed by atoms with van der Waals surface area (Å²) in [6, 6.07) is 2.80. The SMILES string of the molecule is O=c1ccn2c(C3CCCS3(=O)=O)n[nH]c2c1. The van der Waals surface area contributed by atoms with Crippen LogP contribution in [0, 0.1) is 0 Å². The van der Waals surface area contributed by atoms with Gasteiger partial charge in [-0.25, -0.2) is 8.42 Å². The van der Waals surface area contributed by atoms with Crippen molar-refractivity contribution >= 4 is 15.5 Å². The molecule has 2 aromatic rings. The minimum atomic E-state index is -3.09. The number of fused-ring (bicyclic) bond motifs is 1. The monoisotopic (exact) mass is 253 g/mol. The van der Waals surface area contributed by atoms with Crippen molar-refractivity contribution in [1.82, 2.24) is 14.6 Å². The molecule has 1 aliphatic rings. The first kappa shape index (κ1) is 10.5. The van der Waals surface area contributed by atoms with E-state index in [0.29, 0.717) is 24.3 Å². The van der Waals surface area contributed by atoms with Crippen molar-refractivity contribution in [3.8, 4) is 0 Å². The average molecular weight is 253 g/mol. The molecule has 1 unspecified atom stereocenters. The van der Waals surface area contributed by atoms with Crippen molar-refractivity contribution in [3.63, 3.8) is 0 Å². The van der Waals surface area contributed by atoms with E-state index >= 15 is 0 Å². The first-order valence-electron chi connectivity index (χ1n) is 5.36. The topological polar surface area (TPSA) is 84.3 Å². The van der Waals surface area contributed by atoms with Crippen LogP contribution in [0.2, 0.25) is 0 Å². The number of hydrogen-bond acceptors (Lipinski definition) is 4. The van der Waals surface area contributed by atoms with Crippen LogP contribution in [0.1, 0.15) is 23.9 Å². The van der Waals surface area contributed by atoms with Crippen molar-refractivity contribution in [2.45, 2.75) is 18.1 Å². The lowest BCUT2D eigenvalue weighted by atomic mass is 10.2. The average Bonchev–Trinajstić information content (AvgIpc) is 2.80. The quantitative estimate of drug-likeness (QED) is 0.790. The Labute approximate surface area is 97.2 Å². The normalized spacial score (nSPS) is 23.2. The van der Waals surface area contributed by atoms with E-state index in [1.54, 1.807) is 10.6 Å². The molecule has 1 aliphatic heterocycles. The summed E-state index contributed by atoms with van der Waals surface area (Å²) in [6.45, 7) is 0. The second kappa shape index (κ2) is 3.43. The van der Waals surface area contributed by atoms with Crippen molar-refractivity contribution in [3.05, 3.63) is 34.4 Å². The second-order valence-corrected chi connectivity index (χ2v) is 6.50. The van der Waals surface area contributed by atoms with Crippen LogP contribution in [-0.4, -0.2) is 28.8 Å². The van der Waals surface area contributed by atoms with Gasteiger partial charge in [0, 0.05) is 18.3 Å². The number of aromatic amines is 1. The van der Waals surface area contributed by atoms with Crippen molar-refractivity contribution < 1.29 is 8.42 Å². The fourth-order valence-electron chi connectivity index (χ4n) is 2.24. The largest absolute Gasteiger partial charge is 0.290 e. The molecule has 1 saturated heterocycles. The maximum absolute atomic E-state index is 11.8. The molecule has 0 aromatic carbocycles. The fraction of sp³-hybridized carbons (Fsp3) is 0.400. The van der Waals surface area contributed by atoms with Crippen LogP contribution < -0.4 is 5.43 Å².